The van der Waals surface area contributed by atoms with Gasteiger partial charge < -0.3 is 10.6 Å². The molecule has 0 spiro atoms. The fraction of sp³-hybridized carbons (Fsp3) is 0.727. The van der Waals surface area contributed by atoms with Gasteiger partial charge in [0.15, 0.2) is 0 Å². The predicted molar refractivity (Wildman–Crippen MR) is 68.0 cm³/mol. The number of carbonyl (C=O) groups is 3. The zero-order chi connectivity index (χ0) is 14.1. The summed E-state index contributed by atoms with van der Waals surface area (Å²) in [7, 11) is 3.29. The molecule has 3 N–H and O–H groups in total. The Morgan fingerprint density at radius 2 is 1.89 bits per heavy atom. The molecule has 0 aliphatic carbocycles. The molecule has 0 unspecified atom stereocenters. The summed E-state index contributed by atoms with van der Waals surface area (Å²) in [6, 6.07) is -0.980. The van der Waals surface area contributed by atoms with E-state index in [9.17, 15) is 14.4 Å². The van der Waals surface area contributed by atoms with Gasteiger partial charge in [-0.05, 0) is 20.9 Å². The average Bonchev–Trinajstić information content (AvgIpc) is 2.34. The first-order chi connectivity index (χ1) is 8.42. The molecule has 0 saturated heterocycles. The lowest BCUT2D eigenvalue weighted by Gasteiger charge is -2.23. The van der Waals surface area contributed by atoms with Gasteiger partial charge in [0.25, 0.3) is 0 Å². The molecule has 0 aromatic carbocycles. The van der Waals surface area contributed by atoms with Crippen molar-refractivity contribution in [3.05, 3.63) is 0 Å². The van der Waals surface area contributed by atoms with Crippen molar-refractivity contribution in [2.24, 2.45) is 0 Å². The fourth-order valence-corrected chi connectivity index (χ4v) is 1.22. The molecule has 0 fully saturated rings. The van der Waals surface area contributed by atoms with Crippen molar-refractivity contribution in [1.29, 1.82) is 0 Å². The van der Waals surface area contributed by atoms with Gasteiger partial charge in [0.1, 0.15) is 0 Å². The SMILES string of the molecule is CCNC(=O)NC(=O)[C@H](C)N(C)CCC(=O)NC. The Labute approximate surface area is 107 Å². The number of amides is 4. The molecule has 0 aliphatic heterocycles. The van der Waals surface area contributed by atoms with E-state index < -0.39 is 12.1 Å². The molecular formula is C11H22N4O3. The molecular weight excluding hydrogens is 236 g/mol. The summed E-state index contributed by atoms with van der Waals surface area (Å²) in [4.78, 5) is 35.6. The van der Waals surface area contributed by atoms with Crippen LogP contribution in [-0.4, -0.2) is 56.0 Å². The number of nitrogens with zero attached hydrogens (tertiary/aromatic N) is 1. The van der Waals surface area contributed by atoms with Gasteiger partial charge in [-0.25, -0.2) is 4.79 Å². The molecule has 0 radical (unpaired) electrons. The molecule has 0 rings (SSSR count). The Bertz CT molecular complexity index is 307. The van der Waals surface area contributed by atoms with Gasteiger partial charge in [-0.3, -0.25) is 19.8 Å². The van der Waals surface area contributed by atoms with Crippen LogP contribution in [0.15, 0.2) is 0 Å². The summed E-state index contributed by atoms with van der Waals surface area (Å²) in [5, 5.41) is 7.22. The zero-order valence-electron chi connectivity index (χ0n) is 11.4. The van der Waals surface area contributed by atoms with Crippen LogP contribution >= 0.6 is 0 Å². The fourth-order valence-electron chi connectivity index (χ4n) is 1.22. The molecule has 0 heterocycles. The number of carbonyl (C=O) groups excluding carboxylic acids is 3. The van der Waals surface area contributed by atoms with Crippen molar-refractivity contribution in [2.75, 3.05) is 27.2 Å². The van der Waals surface area contributed by atoms with E-state index in [0.717, 1.165) is 0 Å². The minimum absolute atomic E-state index is 0.0850. The number of urea groups is 1. The van der Waals surface area contributed by atoms with Gasteiger partial charge in [0.2, 0.25) is 11.8 Å². The Morgan fingerprint density at radius 3 is 2.39 bits per heavy atom. The van der Waals surface area contributed by atoms with Crippen molar-refractivity contribution in [3.8, 4) is 0 Å². The Kier molecular flexibility index (Phi) is 7.69. The maximum Gasteiger partial charge on any atom is 0.321 e. The van der Waals surface area contributed by atoms with Gasteiger partial charge in [0, 0.05) is 26.6 Å². The molecule has 18 heavy (non-hydrogen) atoms. The number of hydrogen-bond acceptors (Lipinski definition) is 4. The van der Waals surface area contributed by atoms with E-state index in [1.807, 2.05) is 0 Å². The molecule has 104 valence electrons. The third-order valence-corrected chi connectivity index (χ3v) is 2.59. The second-order valence-corrected chi connectivity index (χ2v) is 3.93. The van der Waals surface area contributed by atoms with E-state index in [4.69, 9.17) is 0 Å². The van der Waals surface area contributed by atoms with Crippen molar-refractivity contribution in [2.45, 2.75) is 26.3 Å². The van der Waals surface area contributed by atoms with E-state index in [2.05, 4.69) is 16.0 Å². The van der Waals surface area contributed by atoms with Crippen LogP contribution in [0.25, 0.3) is 0 Å². The normalized spacial score (nSPS) is 11.8. The van der Waals surface area contributed by atoms with E-state index in [0.29, 0.717) is 19.5 Å². The lowest BCUT2D eigenvalue weighted by molar-refractivity contribution is -0.126. The van der Waals surface area contributed by atoms with Gasteiger partial charge in [-0.2, -0.15) is 0 Å². The maximum atomic E-state index is 11.7. The second-order valence-electron chi connectivity index (χ2n) is 3.93. The quantitative estimate of drug-likeness (QED) is 0.587. The van der Waals surface area contributed by atoms with Gasteiger partial charge >= 0.3 is 6.03 Å². The van der Waals surface area contributed by atoms with Crippen LogP contribution in [0.1, 0.15) is 20.3 Å². The summed E-state index contributed by atoms with van der Waals surface area (Å²) in [5.41, 5.74) is 0. The third-order valence-electron chi connectivity index (χ3n) is 2.59. The smallest absolute Gasteiger partial charge is 0.321 e. The van der Waals surface area contributed by atoms with E-state index in [1.54, 1.807) is 32.8 Å². The Hall–Kier alpha value is -1.63. The topological polar surface area (TPSA) is 90.5 Å². The Balaban J connectivity index is 4.11. The zero-order valence-corrected chi connectivity index (χ0v) is 11.4. The van der Waals surface area contributed by atoms with E-state index in [1.165, 1.54) is 0 Å². The third kappa shape index (κ3) is 6.19. The predicted octanol–water partition coefficient (Wildman–Crippen LogP) is -0.711. The van der Waals surface area contributed by atoms with Gasteiger partial charge in [-0.15, -0.1) is 0 Å². The standard InChI is InChI=1S/C11H22N4O3/c1-5-13-11(18)14-10(17)8(2)15(4)7-6-9(16)12-3/h8H,5-7H2,1-4H3,(H,12,16)(H2,13,14,17,18)/t8-/m0/s1. The molecule has 0 aliphatic rings. The van der Waals surface area contributed by atoms with Crippen molar-refractivity contribution < 1.29 is 14.4 Å². The summed E-state index contributed by atoms with van der Waals surface area (Å²) in [6.07, 6.45) is 0.311. The highest BCUT2D eigenvalue weighted by Gasteiger charge is 2.19. The van der Waals surface area contributed by atoms with Crippen molar-refractivity contribution in [3.63, 3.8) is 0 Å². The van der Waals surface area contributed by atoms with Crippen LogP contribution in [0.2, 0.25) is 0 Å². The highest BCUT2D eigenvalue weighted by molar-refractivity contribution is 5.96. The number of nitrogens with one attached hydrogen (secondary N) is 3. The van der Waals surface area contributed by atoms with E-state index in [-0.39, 0.29) is 11.8 Å². The van der Waals surface area contributed by atoms with Crippen molar-refractivity contribution >= 4 is 17.8 Å². The molecule has 0 aromatic rings. The molecule has 0 aromatic heterocycles. The van der Waals surface area contributed by atoms with Crippen LogP contribution in [0.5, 0.6) is 0 Å². The number of hydrogen-bond donors (Lipinski definition) is 3. The minimum atomic E-state index is -0.506. The van der Waals surface area contributed by atoms with Crippen LogP contribution < -0.4 is 16.0 Å². The summed E-state index contributed by atoms with van der Waals surface area (Å²) < 4.78 is 0. The van der Waals surface area contributed by atoms with Crippen LogP contribution in [0.3, 0.4) is 0 Å². The molecule has 0 bridgehead atoms. The van der Waals surface area contributed by atoms with Crippen LogP contribution in [-0.2, 0) is 9.59 Å². The molecule has 4 amide bonds. The number of likely N-dealkylation sites (N-methyl/N-ethyl adjacent to an activating group) is 1. The first kappa shape index (κ1) is 16.4. The largest absolute Gasteiger partial charge is 0.359 e. The van der Waals surface area contributed by atoms with Crippen LogP contribution in [0.4, 0.5) is 4.79 Å². The second kappa shape index (κ2) is 8.46. The lowest BCUT2D eigenvalue weighted by Crippen LogP contribution is -2.49. The first-order valence-electron chi connectivity index (χ1n) is 5.91. The summed E-state index contributed by atoms with van der Waals surface area (Å²) in [6.45, 7) is 4.35. The van der Waals surface area contributed by atoms with E-state index >= 15 is 0 Å². The molecule has 7 heteroatoms. The highest BCUT2D eigenvalue weighted by atomic mass is 16.2. The first-order valence-corrected chi connectivity index (χ1v) is 5.91. The van der Waals surface area contributed by atoms with Crippen LogP contribution in [0, 0.1) is 0 Å². The summed E-state index contributed by atoms with van der Waals surface area (Å²) >= 11 is 0. The lowest BCUT2D eigenvalue weighted by atomic mass is 10.2. The average molecular weight is 258 g/mol. The van der Waals surface area contributed by atoms with Gasteiger partial charge in [0.05, 0.1) is 6.04 Å². The van der Waals surface area contributed by atoms with Gasteiger partial charge in [-0.1, -0.05) is 0 Å². The molecule has 7 nitrogen and oxygen atoms in total. The number of imide groups is 1. The number of rotatable bonds is 6. The minimum Gasteiger partial charge on any atom is -0.359 e. The highest BCUT2D eigenvalue weighted by Crippen LogP contribution is 1.97. The van der Waals surface area contributed by atoms with Crippen molar-refractivity contribution in [1.82, 2.24) is 20.9 Å². The molecule has 0 saturated carbocycles. The Morgan fingerprint density at radius 1 is 1.28 bits per heavy atom. The maximum absolute atomic E-state index is 11.7. The molecule has 1 atom stereocenters. The summed E-state index contributed by atoms with van der Waals surface area (Å²) in [5.74, 6) is -0.474. The monoisotopic (exact) mass is 258 g/mol.